The zero-order valence-corrected chi connectivity index (χ0v) is 17.1. The summed E-state index contributed by atoms with van der Waals surface area (Å²) in [6, 6.07) is 4.87. The van der Waals surface area contributed by atoms with Crippen molar-refractivity contribution in [2.75, 3.05) is 26.1 Å². The number of aryl methyl sites for hydroxylation is 1. The second-order valence-electron chi connectivity index (χ2n) is 6.12. The highest BCUT2D eigenvalue weighted by molar-refractivity contribution is 7.15. The van der Waals surface area contributed by atoms with Gasteiger partial charge in [-0.2, -0.15) is 0 Å². The highest BCUT2D eigenvalue weighted by atomic mass is 32.1. The van der Waals surface area contributed by atoms with Crippen molar-refractivity contribution in [3.05, 3.63) is 34.8 Å². The van der Waals surface area contributed by atoms with Crippen LogP contribution in [0.3, 0.4) is 0 Å². The van der Waals surface area contributed by atoms with Gasteiger partial charge in [-0.15, -0.1) is 11.3 Å². The minimum atomic E-state index is -0.284. The second-order valence-corrected chi connectivity index (χ2v) is 7.35. The van der Waals surface area contributed by atoms with E-state index in [9.17, 15) is 9.59 Å². The maximum atomic E-state index is 13.1. The summed E-state index contributed by atoms with van der Waals surface area (Å²) in [4.78, 5) is 32.2. The van der Waals surface area contributed by atoms with Crippen LogP contribution in [0.25, 0.3) is 0 Å². The Kier molecular flexibility index (Phi) is 7.18. The molecule has 1 atom stereocenters. The van der Waals surface area contributed by atoms with Crippen molar-refractivity contribution in [2.24, 2.45) is 0 Å². The fraction of sp³-hybridized carbons (Fsp3) is 0.421. The molecule has 0 aliphatic rings. The van der Waals surface area contributed by atoms with Gasteiger partial charge < -0.3 is 19.7 Å². The van der Waals surface area contributed by atoms with Crippen molar-refractivity contribution in [3.63, 3.8) is 0 Å². The zero-order chi connectivity index (χ0) is 20.0. The van der Waals surface area contributed by atoms with Gasteiger partial charge in [-0.1, -0.05) is 6.92 Å². The Bertz CT molecular complexity index is 784. The molecule has 27 heavy (non-hydrogen) atoms. The first-order valence-electron chi connectivity index (χ1n) is 8.64. The van der Waals surface area contributed by atoms with Gasteiger partial charge in [0.2, 0.25) is 5.91 Å². The number of methoxy groups -OCH3 is 2. The molecule has 0 saturated carbocycles. The molecular formula is C19H25N3O4S. The lowest BCUT2D eigenvalue weighted by atomic mass is 10.1. The number of anilines is 1. The van der Waals surface area contributed by atoms with Gasteiger partial charge in [0.05, 0.1) is 14.2 Å². The number of aromatic nitrogens is 1. The first-order valence-corrected chi connectivity index (χ1v) is 9.45. The van der Waals surface area contributed by atoms with E-state index in [1.54, 1.807) is 29.3 Å². The van der Waals surface area contributed by atoms with E-state index in [-0.39, 0.29) is 24.4 Å². The summed E-state index contributed by atoms with van der Waals surface area (Å²) in [6.45, 7) is 5.74. The van der Waals surface area contributed by atoms with E-state index in [0.717, 1.165) is 11.3 Å². The normalized spacial score (nSPS) is 11.6. The van der Waals surface area contributed by atoms with E-state index in [0.29, 0.717) is 22.2 Å². The summed E-state index contributed by atoms with van der Waals surface area (Å²) in [5, 5.41) is 3.27. The number of carbonyl (C=O) groups is 2. The van der Waals surface area contributed by atoms with Crippen LogP contribution in [-0.4, -0.2) is 48.5 Å². The van der Waals surface area contributed by atoms with Gasteiger partial charge >= 0.3 is 0 Å². The summed E-state index contributed by atoms with van der Waals surface area (Å²) >= 11 is 1.39. The molecule has 1 heterocycles. The van der Waals surface area contributed by atoms with E-state index >= 15 is 0 Å². The number of benzene rings is 1. The molecule has 0 aliphatic heterocycles. The summed E-state index contributed by atoms with van der Waals surface area (Å²) in [7, 11) is 3.05. The first-order chi connectivity index (χ1) is 12.9. The molecule has 0 aliphatic carbocycles. The molecule has 1 aromatic heterocycles. The number of nitrogens with zero attached hydrogens (tertiary/aromatic N) is 2. The van der Waals surface area contributed by atoms with Crippen molar-refractivity contribution >= 4 is 28.3 Å². The Morgan fingerprint density at radius 2 is 1.85 bits per heavy atom. The van der Waals surface area contributed by atoms with Gasteiger partial charge in [0, 0.05) is 28.7 Å². The standard InChI is InChI=1S/C19H25N3O4S/c1-6-12(2)22(11-17(23)21-19-20-10-13(3)27-19)18(24)14-7-15(25-4)9-16(8-14)26-5/h7-10,12H,6,11H2,1-5H3,(H,20,21,23). The predicted octanol–water partition coefficient (Wildman–Crippen LogP) is 3.35. The van der Waals surface area contributed by atoms with Crippen LogP contribution in [0.5, 0.6) is 11.5 Å². The predicted molar refractivity (Wildman–Crippen MR) is 106 cm³/mol. The maximum absolute atomic E-state index is 13.1. The lowest BCUT2D eigenvalue weighted by Crippen LogP contribution is -2.43. The average molecular weight is 391 g/mol. The molecule has 0 spiro atoms. The summed E-state index contributed by atoms with van der Waals surface area (Å²) in [5.74, 6) is 0.494. The fourth-order valence-corrected chi connectivity index (χ4v) is 3.15. The molecule has 1 N–H and O–H groups in total. The smallest absolute Gasteiger partial charge is 0.254 e. The topological polar surface area (TPSA) is 80.8 Å². The van der Waals surface area contributed by atoms with E-state index in [1.165, 1.54) is 25.6 Å². The molecule has 146 valence electrons. The number of hydrogen-bond acceptors (Lipinski definition) is 6. The molecule has 0 fully saturated rings. The highest BCUT2D eigenvalue weighted by Gasteiger charge is 2.24. The fourth-order valence-electron chi connectivity index (χ4n) is 2.47. The number of carbonyl (C=O) groups excluding carboxylic acids is 2. The summed E-state index contributed by atoms with van der Waals surface area (Å²) in [5.41, 5.74) is 0.407. The molecule has 2 aromatic rings. The number of nitrogens with one attached hydrogen (secondary N) is 1. The summed E-state index contributed by atoms with van der Waals surface area (Å²) < 4.78 is 10.5. The lowest BCUT2D eigenvalue weighted by molar-refractivity contribution is -0.117. The Morgan fingerprint density at radius 1 is 1.22 bits per heavy atom. The second kappa shape index (κ2) is 9.36. The summed E-state index contributed by atoms with van der Waals surface area (Å²) in [6.07, 6.45) is 2.41. The van der Waals surface area contributed by atoms with E-state index in [4.69, 9.17) is 9.47 Å². The van der Waals surface area contributed by atoms with Gasteiger partial charge in [0.25, 0.3) is 5.91 Å². The number of ether oxygens (including phenoxy) is 2. The Labute approximate surface area is 163 Å². The monoisotopic (exact) mass is 391 g/mol. The maximum Gasteiger partial charge on any atom is 0.254 e. The van der Waals surface area contributed by atoms with Crippen molar-refractivity contribution in [2.45, 2.75) is 33.2 Å². The van der Waals surface area contributed by atoms with Crippen molar-refractivity contribution in [1.29, 1.82) is 0 Å². The van der Waals surface area contributed by atoms with Crippen molar-refractivity contribution < 1.29 is 19.1 Å². The Balaban J connectivity index is 2.22. The SMILES string of the molecule is CCC(C)N(CC(=O)Nc1ncc(C)s1)C(=O)c1cc(OC)cc(OC)c1. The quantitative estimate of drug-likeness (QED) is 0.746. The van der Waals surface area contributed by atoms with Crippen molar-refractivity contribution in [3.8, 4) is 11.5 Å². The van der Waals surface area contributed by atoms with Gasteiger partial charge in [-0.25, -0.2) is 4.98 Å². The molecule has 1 unspecified atom stereocenters. The van der Waals surface area contributed by atoms with Crippen LogP contribution < -0.4 is 14.8 Å². The lowest BCUT2D eigenvalue weighted by Gasteiger charge is -2.28. The number of hydrogen-bond donors (Lipinski definition) is 1. The Hall–Kier alpha value is -2.61. The third-order valence-corrected chi connectivity index (χ3v) is 4.99. The third-order valence-electron chi connectivity index (χ3n) is 4.16. The largest absolute Gasteiger partial charge is 0.497 e. The molecule has 2 amide bonds. The van der Waals surface area contributed by atoms with Gasteiger partial charge in [0.15, 0.2) is 5.13 Å². The van der Waals surface area contributed by atoms with Crippen LogP contribution in [0.1, 0.15) is 35.5 Å². The molecule has 7 nitrogen and oxygen atoms in total. The molecule has 0 bridgehead atoms. The van der Waals surface area contributed by atoms with E-state index in [1.807, 2.05) is 20.8 Å². The minimum absolute atomic E-state index is 0.0635. The molecule has 0 saturated heterocycles. The van der Waals surface area contributed by atoms with E-state index in [2.05, 4.69) is 10.3 Å². The van der Waals surface area contributed by atoms with Crippen LogP contribution >= 0.6 is 11.3 Å². The molecule has 2 rings (SSSR count). The Morgan fingerprint density at radius 3 is 2.33 bits per heavy atom. The first kappa shape index (κ1) is 20.7. The zero-order valence-electron chi connectivity index (χ0n) is 16.2. The van der Waals surface area contributed by atoms with Crippen molar-refractivity contribution in [1.82, 2.24) is 9.88 Å². The van der Waals surface area contributed by atoms with Crippen LogP contribution in [0.2, 0.25) is 0 Å². The average Bonchev–Trinajstić information content (AvgIpc) is 3.08. The van der Waals surface area contributed by atoms with Gasteiger partial charge in [-0.3, -0.25) is 9.59 Å². The molecule has 1 aromatic carbocycles. The van der Waals surface area contributed by atoms with Crippen LogP contribution in [0.4, 0.5) is 5.13 Å². The number of rotatable bonds is 8. The number of thiazole rings is 1. The third kappa shape index (κ3) is 5.43. The van der Waals surface area contributed by atoms with Gasteiger partial charge in [0.1, 0.15) is 18.0 Å². The number of amides is 2. The van der Waals surface area contributed by atoms with E-state index < -0.39 is 0 Å². The van der Waals surface area contributed by atoms with Gasteiger partial charge in [-0.05, 0) is 32.4 Å². The van der Waals surface area contributed by atoms with Crippen LogP contribution in [0, 0.1) is 6.92 Å². The van der Waals surface area contributed by atoms with Crippen LogP contribution in [0.15, 0.2) is 24.4 Å². The minimum Gasteiger partial charge on any atom is -0.497 e. The van der Waals surface area contributed by atoms with Crippen LogP contribution in [-0.2, 0) is 4.79 Å². The molecular weight excluding hydrogens is 366 g/mol. The molecule has 8 heteroatoms. The molecule has 0 radical (unpaired) electrons. The highest BCUT2D eigenvalue weighted by Crippen LogP contribution is 2.24.